The Morgan fingerprint density at radius 3 is 2.72 bits per heavy atom. The Morgan fingerprint density at radius 1 is 1.20 bits per heavy atom. The number of rotatable bonds is 5. The third-order valence-corrected chi connectivity index (χ3v) is 3.52. The summed E-state index contributed by atoms with van der Waals surface area (Å²) in [6, 6.07) is 11.2. The van der Waals surface area contributed by atoms with E-state index in [0.717, 1.165) is 0 Å². The Morgan fingerprint density at radius 2 is 2.00 bits per heavy atom. The number of carbonyl (C=O) groups excluding carboxylic acids is 1. The Kier molecular flexibility index (Phi) is 4.79. The van der Waals surface area contributed by atoms with E-state index in [9.17, 15) is 9.18 Å². The van der Waals surface area contributed by atoms with Crippen LogP contribution in [0.2, 0.25) is 0 Å². The normalized spacial score (nSPS) is 15.1. The molecule has 1 aliphatic heterocycles. The second kappa shape index (κ2) is 7.17. The van der Waals surface area contributed by atoms with Crippen molar-refractivity contribution >= 4 is 17.9 Å². The molecule has 0 saturated heterocycles. The van der Waals surface area contributed by atoms with E-state index in [1.807, 2.05) is 6.92 Å². The van der Waals surface area contributed by atoms with Crippen LogP contribution in [0.15, 0.2) is 53.2 Å². The van der Waals surface area contributed by atoms with Crippen LogP contribution in [0.3, 0.4) is 0 Å². The quantitative estimate of drug-likeness (QED) is 0.616. The first-order valence-corrected chi connectivity index (χ1v) is 7.70. The molecule has 0 N–H and O–H groups in total. The highest BCUT2D eigenvalue weighted by Crippen LogP contribution is 2.29. The summed E-state index contributed by atoms with van der Waals surface area (Å²) in [5, 5.41) is 0. The molecule has 5 nitrogen and oxygen atoms in total. The van der Waals surface area contributed by atoms with Gasteiger partial charge in [0.15, 0.2) is 17.2 Å². The number of cyclic esters (lactones) is 1. The van der Waals surface area contributed by atoms with Gasteiger partial charge >= 0.3 is 5.97 Å². The number of hydrogen-bond donors (Lipinski definition) is 0. The van der Waals surface area contributed by atoms with Crippen LogP contribution in [0.4, 0.5) is 4.39 Å². The van der Waals surface area contributed by atoms with Gasteiger partial charge < -0.3 is 14.2 Å². The fraction of sp³-hybridized carbons (Fsp3) is 0.158. The lowest BCUT2D eigenvalue weighted by atomic mass is 10.1. The zero-order chi connectivity index (χ0) is 17.8. The van der Waals surface area contributed by atoms with E-state index in [1.165, 1.54) is 12.1 Å². The third-order valence-electron chi connectivity index (χ3n) is 3.52. The summed E-state index contributed by atoms with van der Waals surface area (Å²) in [4.78, 5) is 16.1. The van der Waals surface area contributed by atoms with Crippen molar-refractivity contribution in [2.75, 3.05) is 13.7 Å². The summed E-state index contributed by atoms with van der Waals surface area (Å²) in [6.07, 6.45) is 1.55. The van der Waals surface area contributed by atoms with Crippen molar-refractivity contribution in [2.24, 2.45) is 4.99 Å². The molecule has 6 heteroatoms. The van der Waals surface area contributed by atoms with Gasteiger partial charge in [-0.3, -0.25) is 0 Å². The van der Waals surface area contributed by atoms with Gasteiger partial charge in [-0.2, -0.15) is 0 Å². The average Bonchev–Trinajstić information content (AvgIpc) is 2.96. The van der Waals surface area contributed by atoms with E-state index in [1.54, 1.807) is 43.5 Å². The fourth-order valence-corrected chi connectivity index (χ4v) is 2.37. The van der Waals surface area contributed by atoms with E-state index in [4.69, 9.17) is 14.2 Å². The van der Waals surface area contributed by atoms with Gasteiger partial charge in [-0.05, 0) is 42.8 Å². The maximum Gasteiger partial charge on any atom is 0.363 e. The number of hydrogen-bond acceptors (Lipinski definition) is 5. The van der Waals surface area contributed by atoms with Gasteiger partial charge in [0.25, 0.3) is 0 Å². The summed E-state index contributed by atoms with van der Waals surface area (Å²) in [5.41, 5.74) is 0.921. The molecule has 0 spiro atoms. The van der Waals surface area contributed by atoms with Gasteiger partial charge in [-0.1, -0.05) is 18.2 Å². The van der Waals surface area contributed by atoms with Crippen molar-refractivity contribution < 1.29 is 23.4 Å². The Bertz CT molecular complexity index is 873. The van der Waals surface area contributed by atoms with Crippen LogP contribution in [0, 0.1) is 5.82 Å². The highest BCUT2D eigenvalue weighted by Gasteiger charge is 2.26. The van der Waals surface area contributed by atoms with Crippen LogP contribution in [-0.2, 0) is 9.53 Å². The number of halogens is 1. The molecule has 0 atom stereocenters. The smallest absolute Gasteiger partial charge is 0.363 e. The van der Waals surface area contributed by atoms with Crippen molar-refractivity contribution in [3.63, 3.8) is 0 Å². The molecule has 0 aromatic heterocycles. The van der Waals surface area contributed by atoms with Gasteiger partial charge in [-0.25, -0.2) is 14.2 Å². The van der Waals surface area contributed by atoms with Crippen LogP contribution < -0.4 is 9.47 Å². The highest BCUT2D eigenvalue weighted by molar-refractivity contribution is 6.12. The van der Waals surface area contributed by atoms with E-state index in [0.29, 0.717) is 23.7 Å². The Labute approximate surface area is 144 Å². The zero-order valence-electron chi connectivity index (χ0n) is 13.8. The molecule has 0 unspecified atom stereocenters. The molecule has 1 heterocycles. The minimum atomic E-state index is -0.632. The predicted octanol–water partition coefficient (Wildman–Crippen LogP) is 3.58. The highest BCUT2D eigenvalue weighted by atomic mass is 19.1. The summed E-state index contributed by atoms with van der Waals surface area (Å²) in [6.45, 7) is 2.35. The van der Waals surface area contributed by atoms with Crippen LogP contribution in [0.5, 0.6) is 11.5 Å². The third kappa shape index (κ3) is 3.52. The van der Waals surface area contributed by atoms with E-state index < -0.39 is 11.8 Å². The summed E-state index contributed by atoms with van der Waals surface area (Å²) in [5.74, 6) is -0.0316. The van der Waals surface area contributed by atoms with E-state index in [2.05, 4.69) is 4.99 Å². The summed E-state index contributed by atoms with van der Waals surface area (Å²) in [7, 11) is 1.55. The minimum Gasteiger partial charge on any atom is -0.493 e. The SMILES string of the molecule is CCOc1cc(/C=C2/N=C(c3ccccc3F)OC2=O)ccc1OC. The maximum absolute atomic E-state index is 13.8. The number of nitrogens with zero attached hydrogens (tertiary/aromatic N) is 1. The molecule has 2 aromatic rings. The molecular weight excluding hydrogens is 325 g/mol. The molecule has 0 saturated carbocycles. The molecule has 0 aliphatic carbocycles. The van der Waals surface area contributed by atoms with Crippen molar-refractivity contribution in [1.82, 2.24) is 0 Å². The zero-order valence-corrected chi connectivity index (χ0v) is 13.8. The molecule has 128 valence electrons. The number of carbonyl (C=O) groups is 1. The molecule has 25 heavy (non-hydrogen) atoms. The van der Waals surface area contributed by atoms with Crippen LogP contribution in [-0.4, -0.2) is 25.6 Å². The number of ether oxygens (including phenoxy) is 3. The molecule has 1 aliphatic rings. The Balaban J connectivity index is 1.94. The topological polar surface area (TPSA) is 57.1 Å². The lowest BCUT2D eigenvalue weighted by Crippen LogP contribution is -2.07. The standard InChI is InChI=1S/C19H16FNO4/c1-3-24-17-11-12(8-9-16(17)23-2)10-15-19(22)25-18(21-15)13-6-4-5-7-14(13)20/h4-11H,3H2,1-2H3/b15-10+. The van der Waals surface area contributed by atoms with E-state index >= 15 is 0 Å². The number of benzene rings is 2. The molecule has 2 aromatic carbocycles. The minimum absolute atomic E-state index is 0.0482. The van der Waals surface area contributed by atoms with Crippen molar-refractivity contribution in [1.29, 1.82) is 0 Å². The van der Waals surface area contributed by atoms with Crippen LogP contribution >= 0.6 is 0 Å². The molecule has 0 bridgehead atoms. The number of methoxy groups -OCH3 is 1. The number of aliphatic imine (C=N–C) groups is 1. The van der Waals surface area contributed by atoms with Gasteiger partial charge in [0.05, 0.1) is 19.3 Å². The lowest BCUT2D eigenvalue weighted by Gasteiger charge is -2.09. The maximum atomic E-state index is 13.8. The molecule has 3 rings (SSSR count). The van der Waals surface area contributed by atoms with E-state index in [-0.39, 0.29) is 17.2 Å². The second-order valence-corrected chi connectivity index (χ2v) is 5.16. The molecular formula is C19H16FNO4. The average molecular weight is 341 g/mol. The first kappa shape index (κ1) is 16.7. The van der Waals surface area contributed by atoms with Gasteiger partial charge in [-0.15, -0.1) is 0 Å². The first-order valence-electron chi connectivity index (χ1n) is 7.70. The molecule has 0 radical (unpaired) electrons. The summed E-state index contributed by atoms with van der Waals surface area (Å²) < 4.78 is 29.6. The van der Waals surface area contributed by atoms with Crippen molar-refractivity contribution in [3.05, 3.63) is 65.1 Å². The first-order chi connectivity index (χ1) is 12.1. The lowest BCUT2D eigenvalue weighted by molar-refractivity contribution is -0.129. The fourth-order valence-electron chi connectivity index (χ4n) is 2.37. The Hall–Kier alpha value is -3.15. The molecule has 0 fully saturated rings. The molecule has 0 amide bonds. The van der Waals surface area contributed by atoms with Crippen molar-refractivity contribution in [2.45, 2.75) is 6.92 Å². The number of esters is 1. The largest absolute Gasteiger partial charge is 0.493 e. The van der Waals surface area contributed by atoms with Crippen LogP contribution in [0.25, 0.3) is 6.08 Å². The van der Waals surface area contributed by atoms with Gasteiger partial charge in [0.2, 0.25) is 5.90 Å². The second-order valence-electron chi connectivity index (χ2n) is 5.16. The predicted molar refractivity (Wildman–Crippen MR) is 91.2 cm³/mol. The van der Waals surface area contributed by atoms with Crippen LogP contribution in [0.1, 0.15) is 18.1 Å². The van der Waals surface area contributed by atoms with Gasteiger partial charge in [0, 0.05) is 0 Å². The van der Waals surface area contributed by atoms with Gasteiger partial charge in [0.1, 0.15) is 5.82 Å². The monoisotopic (exact) mass is 341 g/mol. The van der Waals surface area contributed by atoms with Crippen molar-refractivity contribution in [3.8, 4) is 11.5 Å². The summed E-state index contributed by atoms with van der Waals surface area (Å²) >= 11 is 0.